The molecule has 2 rings (SSSR count). The number of amides is 1. The minimum Gasteiger partial charge on any atom is -0.469 e. The van der Waals surface area contributed by atoms with Gasteiger partial charge in [0.05, 0.1) is 12.7 Å². The lowest BCUT2D eigenvalue weighted by molar-refractivity contribution is -0.127. The van der Waals surface area contributed by atoms with Gasteiger partial charge < -0.3 is 14.6 Å². The highest BCUT2D eigenvalue weighted by Crippen LogP contribution is 2.14. The van der Waals surface area contributed by atoms with Crippen LogP contribution in [-0.4, -0.2) is 30.9 Å². The van der Waals surface area contributed by atoms with Gasteiger partial charge in [0, 0.05) is 32.2 Å². The molecule has 0 saturated carbocycles. The number of nitrogens with one attached hydrogen (secondary N) is 1. The van der Waals surface area contributed by atoms with Crippen LogP contribution in [0.15, 0.2) is 47.1 Å². The Morgan fingerprint density at radius 3 is 2.52 bits per heavy atom. The maximum absolute atomic E-state index is 11.7. The second kappa shape index (κ2) is 6.97. The van der Waals surface area contributed by atoms with Crippen LogP contribution in [-0.2, 0) is 17.6 Å². The first kappa shape index (κ1) is 15.2. The Hall–Kier alpha value is -2.23. The minimum atomic E-state index is 0.113. The molecule has 1 aromatic carbocycles. The maximum atomic E-state index is 11.7. The van der Waals surface area contributed by atoms with E-state index in [1.165, 1.54) is 0 Å². The van der Waals surface area contributed by atoms with Gasteiger partial charge >= 0.3 is 0 Å². The third kappa shape index (κ3) is 4.67. The summed E-state index contributed by atoms with van der Waals surface area (Å²) in [7, 11) is 3.54. The average Bonchev–Trinajstić information content (AvgIpc) is 2.93. The van der Waals surface area contributed by atoms with Crippen molar-refractivity contribution in [2.24, 2.45) is 0 Å². The van der Waals surface area contributed by atoms with Gasteiger partial charge in [0.2, 0.25) is 5.91 Å². The van der Waals surface area contributed by atoms with Gasteiger partial charge in [0.25, 0.3) is 0 Å². The van der Waals surface area contributed by atoms with E-state index in [-0.39, 0.29) is 11.9 Å². The molecule has 0 saturated heterocycles. The molecule has 0 aliphatic carbocycles. The molecule has 21 heavy (non-hydrogen) atoms. The summed E-state index contributed by atoms with van der Waals surface area (Å²) in [6, 6.07) is 12.2. The summed E-state index contributed by atoms with van der Waals surface area (Å²) in [6.45, 7) is 2.12. The molecular formula is C17H22N2O2. The zero-order valence-electron chi connectivity index (χ0n) is 12.8. The van der Waals surface area contributed by atoms with Crippen LogP contribution in [0, 0.1) is 0 Å². The van der Waals surface area contributed by atoms with Crippen LogP contribution in [0.2, 0.25) is 0 Å². The van der Waals surface area contributed by atoms with E-state index in [0.29, 0.717) is 6.42 Å². The lowest BCUT2D eigenvalue weighted by Gasteiger charge is -2.15. The minimum absolute atomic E-state index is 0.113. The standard InChI is InChI=1S/C17H22N2O2/c1-13(11-16-5-4-10-21-16)18-15-8-6-14(7-9-15)12-17(20)19(2)3/h4-10,13,18H,11-12H2,1-3H3. The number of nitrogens with zero attached hydrogens (tertiary/aromatic N) is 1. The molecule has 0 radical (unpaired) electrons. The molecule has 0 bridgehead atoms. The number of carbonyl (C=O) groups excluding carboxylic acids is 1. The normalized spacial score (nSPS) is 12.0. The highest BCUT2D eigenvalue weighted by atomic mass is 16.3. The van der Waals surface area contributed by atoms with E-state index < -0.39 is 0 Å². The Morgan fingerprint density at radius 2 is 1.95 bits per heavy atom. The maximum Gasteiger partial charge on any atom is 0.226 e. The highest BCUT2D eigenvalue weighted by molar-refractivity contribution is 5.78. The van der Waals surface area contributed by atoms with Crippen LogP contribution in [0.5, 0.6) is 0 Å². The quantitative estimate of drug-likeness (QED) is 0.888. The van der Waals surface area contributed by atoms with E-state index in [1.54, 1.807) is 25.3 Å². The summed E-state index contributed by atoms with van der Waals surface area (Å²) in [5, 5.41) is 3.43. The van der Waals surface area contributed by atoms with Gasteiger partial charge in [-0.25, -0.2) is 0 Å². The predicted molar refractivity (Wildman–Crippen MR) is 84.3 cm³/mol. The zero-order chi connectivity index (χ0) is 15.2. The summed E-state index contributed by atoms with van der Waals surface area (Å²) in [6.07, 6.45) is 2.97. The molecule has 4 nitrogen and oxygen atoms in total. The van der Waals surface area contributed by atoms with E-state index in [9.17, 15) is 4.79 Å². The van der Waals surface area contributed by atoms with Crippen molar-refractivity contribution in [3.63, 3.8) is 0 Å². The van der Waals surface area contributed by atoms with E-state index >= 15 is 0 Å². The van der Waals surface area contributed by atoms with Gasteiger partial charge in [-0.2, -0.15) is 0 Å². The molecule has 1 aromatic heterocycles. The van der Waals surface area contributed by atoms with Crippen molar-refractivity contribution in [1.29, 1.82) is 0 Å². The fourth-order valence-corrected chi connectivity index (χ4v) is 2.12. The van der Waals surface area contributed by atoms with Crippen LogP contribution in [0.3, 0.4) is 0 Å². The van der Waals surface area contributed by atoms with Crippen molar-refractivity contribution in [2.45, 2.75) is 25.8 Å². The first-order valence-electron chi connectivity index (χ1n) is 7.12. The van der Waals surface area contributed by atoms with Crippen molar-refractivity contribution in [3.05, 3.63) is 54.0 Å². The zero-order valence-corrected chi connectivity index (χ0v) is 12.8. The van der Waals surface area contributed by atoms with Gasteiger partial charge in [-0.1, -0.05) is 12.1 Å². The average molecular weight is 286 g/mol. The SMILES string of the molecule is CC(Cc1ccco1)Nc1ccc(CC(=O)N(C)C)cc1. The van der Waals surface area contributed by atoms with Crippen molar-refractivity contribution in [1.82, 2.24) is 4.90 Å². The second-order valence-corrected chi connectivity index (χ2v) is 5.49. The van der Waals surface area contributed by atoms with Crippen LogP contribution in [0.25, 0.3) is 0 Å². The topological polar surface area (TPSA) is 45.5 Å². The van der Waals surface area contributed by atoms with Crippen molar-refractivity contribution < 1.29 is 9.21 Å². The largest absolute Gasteiger partial charge is 0.469 e. The fraction of sp³-hybridized carbons (Fsp3) is 0.353. The summed E-state index contributed by atoms with van der Waals surface area (Å²) in [5.74, 6) is 1.09. The molecule has 112 valence electrons. The molecular weight excluding hydrogens is 264 g/mol. The number of hydrogen-bond acceptors (Lipinski definition) is 3. The van der Waals surface area contributed by atoms with Crippen LogP contribution >= 0.6 is 0 Å². The third-order valence-electron chi connectivity index (χ3n) is 3.31. The summed E-state index contributed by atoms with van der Waals surface area (Å²) < 4.78 is 5.34. The Bertz CT molecular complexity index is 559. The van der Waals surface area contributed by atoms with Crippen molar-refractivity contribution in [3.8, 4) is 0 Å². The lowest BCUT2D eigenvalue weighted by Crippen LogP contribution is -2.23. The molecule has 0 aliphatic heterocycles. The molecule has 1 amide bonds. The van der Waals surface area contributed by atoms with E-state index in [4.69, 9.17) is 4.42 Å². The Morgan fingerprint density at radius 1 is 1.24 bits per heavy atom. The van der Waals surface area contributed by atoms with E-state index in [1.807, 2.05) is 36.4 Å². The Labute approximate surface area is 125 Å². The van der Waals surface area contributed by atoms with E-state index in [2.05, 4.69) is 12.2 Å². The first-order valence-corrected chi connectivity index (χ1v) is 7.12. The molecule has 1 atom stereocenters. The first-order chi connectivity index (χ1) is 10.0. The van der Waals surface area contributed by atoms with Gasteiger partial charge in [0.15, 0.2) is 0 Å². The number of hydrogen-bond donors (Lipinski definition) is 1. The highest BCUT2D eigenvalue weighted by Gasteiger charge is 2.07. The van der Waals surface area contributed by atoms with Crippen molar-refractivity contribution in [2.75, 3.05) is 19.4 Å². The monoisotopic (exact) mass is 286 g/mol. The Kier molecular flexibility index (Phi) is 5.04. The number of benzene rings is 1. The molecule has 2 aromatic rings. The second-order valence-electron chi connectivity index (χ2n) is 5.49. The molecule has 0 spiro atoms. The van der Waals surface area contributed by atoms with Crippen LogP contribution in [0.4, 0.5) is 5.69 Å². The number of rotatable bonds is 6. The Balaban J connectivity index is 1.88. The number of anilines is 1. The van der Waals surface area contributed by atoms with Crippen LogP contribution in [0.1, 0.15) is 18.2 Å². The molecule has 0 aliphatic rings. The predicted octanol–water partition coefficient (Wildman–Crippen LogP) is 2.95. The van der Waals surface area contributed by atoms with Crippen molar-refractivity contribution >= 4 is 11.6 Å². The van der Waals surface area contributed by atoms with Gasteiger partial charge in [-0.15, -0.1) is 0 Å². The van der Waals surface area contributed by atoms with Gasteiger partial charge in [0.1, 0.15) is 5.76 Å². The molecule has 1 unspecified atom stereocenters. The molecule has 1 heterocycles. The van der Waals surface area contributed by atoms with E-state index in [0.717, 1.165) is 23.4 Å². The van der Waals surface area contributed by atoms with Crippen LogP contribution < -0.4 is 5.32 Å². The number of carbonyl (C=O) groups is 1. The number of furan rings is 1. The summed E-state index contributed by atoms with van der Waals surface area (Å²) in [5.41, 5.74) is 2.08. The van der Waals surface area contributed by atoms with Gasteiger partial charge in [-0.05, 0) is 36.8 Å². The summed E-state index contributed by atoms with van der Waals surface area (Å²) in [4.78, 5) is 13.3. The number of likely N-dealkylation sites (N-methyl/N-ethyl adjacent to an activating group) is 1. The molecule has 0 fully saturated rings. The molecule has 1 N–H and O–H groups in total. The lowest BCUT2D eigenvalue weighted by atomic mass is 10.1. The molecule has 4 heteroatoms. The third-order valence-corrected chi connectivity index (χ3v) is 3.31. The fourth-order valence-electron chi connectivity index (χ4n) is 2.12. The summed E-state index contributed by atoms with van der Waals surface area (Å²) >= 11 is 0. The smallest absolute Gasteiger partial charge is 0.226 e. The van der Waals surface area contributed by atoms with Gasteiger partial charge in [-0.3, -0.25) is 4.79 Å².